The summed E-state index contributed by atoms with van der Waals surface area (Å²) in [5.74, 6) is -1.98. The topological polar surface area (TPSA) is 66.4 Å². The fourth-order valence-corrected chi connectivity index (χ4v) is 3.33. The van der Waals surface area contributed by atoms with Crippen molar-refractivity contribution in [1.29, 1.82) is 0 Å². The van der Waals surface area contributed by atoms with Gasteiger partial charge in [0, 0.05) is 5.69 Å². The Bertz CT molecular complexity index is 542. The normalized spacial score (nSPS) is 21.9. The van der Waals surface area contributed by atoms with Crippen molar-refractivity contribution in [1.82, 2.24) is 0 Å². The number of nitrogens with one attached hydrogen (secondary N) is 1. The van der Waals surface area contributed by atoms with Gasteiger partial charge in [0.05, 0.1) is 11.8 Å². The highest BCUT2D eigenvalue weighted by molar-refractivity contribution is 5.96. The van der Waals surface area contributed by atoms with Gasteiger partial charge in [-0.05, 0) is 44.7 Å². The molecule has 1 saturated carbocycles. The second-order valence-electron chi connectivity index (χ2n) is 6.10. The zero-order chi connectivity index (χ0) is 15.6. The first-order valence-electron chi connectivity index (χ1n) is 7.51. The van der Waals surface area contributed by atoms with E-state index in [0.717, 1.165) is 35.2 Å². The molecule has 2 N–H and O–H groups in total. The molecule has 2 rings (SSSR count). The summed E-state index contributed by atoms with van der Waals surface area (Å²) in [6.07, 6.45) is 3.07. The molecule has 0 saturated heterocycles. The number of amides is 1. The summed E-state index contributed by atoms with van der Waals surface area (Å²) in [7, 11) is 0. The highest BCUT2D eigenvalue weighted by atomic mass is 16.4. The fourth-order valence-electron chi connectivity index (χ4n) is 3.33. The molecule has 0 aliphatic heterocycles. The van der Waals surface area contributed by atoms with E-state index in [-0.39, 0.29) is 5.91 Å². The van der Waals surface area contributed by atoms with Crippen molar-refractivity contribution in [3.63, 3.8) is 0 Å². The lowest BCUT2D eigenvalue weighted by molar-refractivity contribution is -0.147. The number of carbonyl (C=O) groups excluding carboxylic acids is 1. The molecule has 2 atom stereocenters. The second kappa shape index (κ2) is 6.29. The molecule has 114 valence electrons. The van der Waals surface area contributed by atoms with E-state index in [0.29, 0.717) is 12.8 Å². The van der Waals surface area contributed by atoms with Gasteiger partial charge in [-0.3, -0.25) is 9.59 Å². The van der Waals surface area contributed by atoms with E-state index in [2.05, 4.69) is 5.32 Å². The minimum atomic E-state index is -0.854. The van der Waals surface area contributed by atoms with Gasteiger partial charge in [0.2, 0.25) is 5.91 Å². The third-order valence-corrected chi connectivity index (χ3v) is 4.35. The number of hydrogen-bond acceptors (Lipinski definition) is 2. The number of hydrogen-bond donors (Lipinski definition) is 2. The fraction of sp³-hybridized carbons (Fsp3) is 0.529. The molecule has 4 heteroatoms. The van der Waals surface area contributed by atoms with Crippen molar-refractivity contribution >= 4 is 17.6 Å². The maximum Gasteiger partial charge on any atom is 0.307 e. The second-order valence-corrected chi connectivity index (χ2v) is 6.10. The summed E-state index contributed by atoms with van der Waals surface area (Å²) in [5, 5.41) is 12.2. The minimum absolute atomic E-state index is 0.155. The van der Waals surface area contributed by atoms with E-state index in [9.17, 15) is 14.7 Å². The van der Waals surface area contributed by atoms with Crippen molar-refractivity contribution in [3.8, 4) is 0 Å². The van der Waals surface area contributed by atoms with Gasteiger partial charge < -0.3 is 10.4 Å². The molecule has 0 radical (unpaired) electrons. The molecule has 1 aliphatic rings. The van der Waals surface area contributed by atoms with E-state index >= 15 is 0 Å². The zero-order valence-electron chi connectivity index (χ0n) is 12.9. The highest BCUT2D eigenvalue weighted by Gasteiger charge is 2.35. The van der Waals surface area contributed by atoms with Crippen LogP contribution in [0.25, 0.3) is 0 Å². The standard InChI is InChI=1S/C17H23NO3/c1-10-8-11(2)15(12(3)9-10)18-16(19)13-6-4-5-7-14(13)17(20)21/h8-9,13-14H,4-7H2,1-3H3,(H,18,19)(H,20,21). The van der Waals surface area contributed by atoms with Gasteiger partial charge in [0.1, 0.15) is 0 Å². The van der Waals surface area contributed by atoms with Gasteiger partial charge in [-0.1, -0.05) is 30.5 Å². The largest absolute Gasteiger partial charge is 0.481 e. The van der Waals surface area contributed by atoms with Crippen molar-refractivity contribution in [2.75, 3.05) is 5.32 Å². The molecule has 21 heavy (non-hydrogen) atoms. The van der Waals surface area contributed by atoms with Crippen LogP contribution in [-0.2, 0) is 9.59 Å². The van der Waals surface area contributed by atoms with Gasteiger partial charge in [-0.15, -0.1) is 0 Å². The first-order valence-corrected chi connectivity index (χ1v) is 7.51. The van der Waals surface area contributed by atoms with E-state index in [1.165, 1.54) is 0 Å². The Morgan fingerprint density at radius 3 is 2.10 bits per heavy atom. The van der Waals surface area contributed by atoms with Crippen molar-refractivity contribution in [2.45, 2.75) is 46.5 Å². The summed E-state index contributed by atoms with van der Waals surface area (Å²) < 4.78 is 0. The molecule has 1 amide bonds. The lowest BCUT2D eigenvalue weighted by Gasteiger charge is -2.28. The Balaban J connectivity index is 2.19. The minimum Gasteiger partial charge on any atom is -0.481 e. The molecular formula is C17H23NO3. The molecule has 0 bridgehead atoms. The molecule has 0 spiro atoms. The number of carboxylic acids is 1. The summed E-state index contributed by atoms with van der Waals surface area (Å²) >= 11 is 0. The Labute approximate surface area is 125 Å². The van der Waals surface area contributed by atoms with E-state index in [4.69, 9.17) is 0 Å². The average molecular weight is 289 g/mol. The number of benzene rings is 1. The van der Waals surface area contributed by atoms with Crippen LogP contribution in [0, 0.1) is 32.6 Å². The Hall–Kier alpha value is -1.84. The van der Waals surface area contributed by atoms with Crippen LogP contribution < -0.4 is 5.32 Å². The number of aliphatic carboxylic acids is 1. The average Bonchev–Trinajstić information content (AvgIpc) is 2.42. The SMILES string of the molecule is Cc1cc(C)c(NC(=O)C2CCCCC2C(=O)O)c(C)c1. The van der Waals surface area contributed by atoms with Crippen LogP contribution in [0.15, 0.2) is 12.1 Å². The van der Waals surface area contributed by atoms with Gasteiger partial charge >= 0.3 is 5.97 Å². The molecule has 2 unspecified atom stereocenters. The first kappa shape index (κ1) is 15.5. The summed E-state index contributed by atoms with van der Waals surface area (Å²) in [6, 6.07) is 4.05. The van der Waals surface area contributed by atoms with Crippen LogP contribution in [-0.4, -0.2) is 17.0 Å². The summed E-state index contributed by atoms with van der Waals surface area (Å²) in [5.41, 5.74) is 4.01. The smallest absolute Gasteiger partial charge is 0.307 e. The quantitative estimate of drug-likeness (QED) is 0.895. The number of carboxylic acid groups (broad SMARTS) is 1. The summed E-state index contributed by atoms with van der Waals surface area (Å²) in [6.45, 7) is 5.95. The lowest BCUT2D eigenvalue weighted by Crippen LogP contribution is -2.36. The van der Waals surface area contributed by atoms with Crippen LogP contribution >= 0.6 is 0 Å². The maximum absolute atomic E-state index is 12.5. The predicted molar refractivity (Wildman–Crippen MR) is 82.4 cm³/mol. The summed E-state index contributed by atoms with van der Waals surface area (Å²) in [4.78, 5) is 23.8. The number of aryl methyl sites for hydroxylation is 3. The molecule has 1 fully saturated rings. The number of anilines is 1. The third-order valence-electron chi connectivity index (χ3n) is 4.35. The Morgan fingerprint density at radius 1 is 1.05 bits per heavy atom. The molecule has 0 heterocycles. The van der Waals surface area contributed by atoms with Crippen molar-refractivity contribution < 1.29 is 14.7 Å². The molecule has 0 aromatic heterocycles. The van der Waals surface area contributed by atoms with E-state index < -0.39 is 17.8 Å². The Morgan fingerprint density at radius 2 is 1.57 bits per heavy atom. The third kappa shape index (κ3) is 3.43. The van der Waals surface area contributed by atoms with Gasteiger partial charge in [-0.2, -0.15) is 0 Å². The Kier molecular flexibility index (Phi) is 4.66. The van der Waals surface area contributed by atoms with Crippen molar-refractivity contribution in [3.05, 3.63) is 28.8 Å². The highest BCUT2D eigenvalue weighted by Crippen LogP contribution is 2.32. The first-order chi connectivity index (χ1) is 9.90. The lowest BCUT2D eigenvalue weighted by atomic mass is 9.78. The van der Waals surface area contributed by atoms with E-state index in [1.54, 1.807) is 0 Å². The van der Waals surface area contributed by atoms with Crippen LogP contribution in [0.2, 0.25) is 0 Å². The predicted octanol–water partition coefficient (Wildman–Crippen LogP) is 3.44. The van der Waals surface area contributed by atoms with Crippen LogP contribution in [0.5, 0.6) is 0 Å². The molecular weight excluding hydrogens is 266 g/mol. The van der Waals surface area contributed by atoms with Gasteiger partial charge in [0.15, 0.2) is 0 Å². The van der Waals surface area contributed by atoms with Crippen LogP contribution in [0.4, 0.5) is 5.69 Å². The number of rotatable bonds is 3. The van der Waals surface area contributed by atoms with Gasteiger partial charge in [-0.25, -0.2) is 0 Å². The van der Waals surface area contributed by atoms with Crippen LogP contribution in [0.1, 0.15) is 42.4 Å². The molecule has 4 nitrogen and oxygen atoms in total. The van der Waals surface area contributed by atoms with Gasteiger partial charge in [0.25, 0.3) is 0 Å². The van der Waals surface area contributed by atoms with Crippen molar-refractivity contribution in [2.24, 2.45) is 11.8 Å². The zero-order valence-corrected chi connectivity index (χ0v) is 12.9. The maximum atomic E-state index is 12.5. The number of carbonyl (C=O) groups is 2. The van der Waals surface area contributed by atoms with E-state index in [1.807, 2.05) is 32.9 Å². The molecule has 1 aromatic carbocycles. The monoisotopic (exact) mass is 289 g/mol. The molecule has 1 aliphatic carbocycles. The van der Waals surface area contributed by atoms with Crippen LogP contribution in [0.3, 0.4) is 0 Å². The molecule has 1 aromatic rings.